The van der Waals surface area contributed by atoms with Crippen molar-refractivity contribution in [2.24, 2.45) is 0 Å². The molecule has 0 spiro atoms. The number of rotatable bonds is 8. The summed E-state index contributed by atoms with van der Waals surface area (Å²) >= 11 is 6.01. The molecule has 3 aromatic carbocycles. The summed E-state index contributed by atoms with van der Waals surface area (Å²) in [6, 6.07) is 16.6. The summed E-state index contributed by atoms with van der Waals surface area (Å²) in [4.78, 5) is 76.6. The van der Waals surface area contributed by atoms with Gasteiger partial charge >= 0.3 is 18.1 Å². The first-order chi connectivity index (χ1) is 24.8. The zero-order chi connectivity index (χ0) is 37.0. The number of amides is 4. The second kappa shape index (κ2) is 15.3. The van der Waals surface area contributed by atoms with E-state index in [-0.39, 0.29) is 53.6 Å². The van der Waals surface area contributed by atoms with E-state index in [0.29, 0.717) is 55.4 Å². The molecule has 15 heteroatoms. The van der Waals surface area contributed by atoms with Crippen LogP contribution < -0.4 is 9.96 Å². The average molecular weight is 739 g/mol. The predicted molar refractivity (Wildman–Crippen MR) is 185 cm³/mol. The van der Waals surface area contributed by atoms with Crippen LogP contribution in [0.1, 0.15) is 43.8 Å². The number of nitrogens with one attached hydrogen (secondary N) is 1. The Kier molecular flexibility index (Phi) is 10.8. The molecule has 0 bridgehead atoms. The molecule has 3 aliphatic rings. The van der Waals surface area contributed by atoms with Crippen molar-refractivity contribution in [1.82, 2.24) is 24.7 Å². The van der Waals surface area contributed by atoms with Crippen LogP contribution in [0.5, 0.6) is 0 Å². The van der Waals surface area contributed by atoms with Gasteiger partial charge in [0.05, 0.1) is 6.54 Å². The van der Waals surface area contributed by atoms with Crippen LogP contribution in [-0.2, 0) is 38.7 Å². The van der Waals surface area contributed by atoms with E-state index in [1.807, 2.05) is 12.2 Å². The summed E-state index contributed by atoms with van der Waals surface area (Å²) in [5.74, 6) is -4.57. The molecule has 0 saturated carbocycles. The lowest BCUT2D eigenvalue weighted by molar-refractivity contribution is -0.235. The highest BCUT2D eigenvalue weighted by molar-refractivity contribution is 6.30. The van der Waals surface area contributed by atoms with Crippen molar-refractivity contribution >= 4 is 46.9 Å². The second-order valence-corrected chi connectivity index (χ2v) is 13.2. The van der Waals surface area contributed by atoms with E-state index < -0.39 is 41.7 Å². The van der Waals surface area contributed by atoms with Gasteiger partial charge in [0.25, 0.3) is 11.8 Å². The van der Waals surface area contributed by atoms with E-state index in [1.54, 1.807) is 21.9 Å². The number of aryl methyl sites for hydroxylation is 1. The molecule has 1 unspecified atom stereocenters. The molecule has 1 atom stereocenters. The Morgan fingerprint density at radius 2 is 1.38 bits per heavy atom. The molecule has 0 aliphatic carbocycles. The number of fused-ring (bicyclic) bond motifs is 1. The Morgan fingerprint density at radius 3 is 2.02 bits per heavy atom. The zero-order valence-corrected chi connectivity index (χ0v) is 28.8. The molecular weight excluding hydrogens is 703 g/mol. The van der Waals surface area contributed by atoms with Crippen LogP contribution in [0.4, 0.5) is 18.9 Å². The lowest BCUT2D eigenvalue weighted by Gasteiger charge is -2.32. The summed E-state index contributed by atoms with van der Waals surface area (Å²) in [6.45, 7) is 1.78. The normalized spacial score (nSPS) is 18.9. The van der Waals surface area contributed by atoms with Crippen LogP contribution in [0, 0.1) is 0 Å². The fourth-order valence-electron chi connectivity index (χ4n) is 6.49. The first-order valence-electron chi connectivity index (χ1n) is 16.8. The number of halogens is 4. The highest BCUT2D eigenvalue weighted by Gasteiger charge is 2.55. The van der Waals surface area contributed by atoms with Crippen molar-refractivity contribution in [3.63, 3.8) is 0 Å². The number of piperazine rings is 1. The molecule has 272 valence electrons. The molecule has 11 nitrogen and oxygen atoms in total. The van der Waals surface area contributed by atoms with Gasteiger partial charge in [0, 0.05) is 79.0 Å². The molecular formula is C37H36ClF3N5O6+. The van der Waals surface area contributed by atoms with Gasteiger partial charge in [-0.15, -0.1) is 0 Å². The summed E-state index contributed by atoms with van der Waals surface area (Å²) in [7, 11) is 0. The number of benzene rings is 3. The van der Waals surface area contributed by atoms with Crippen LogP contribution in [0.25, 0.3) is 0 Å². The maximum atomic E-state index is 14.5. The second-order valence-electron chi connectivity index (χ2n) is 12.8. The van der Waals surface area contributed by atoms with Gasteiger partial charge in [-0.25, -0.2) is 9.59 Å². The topological polar surface area (TPSA) is 116 Å². The van der Waals surface area contributed by atoms with Crippen LogP contribution in [0.3, 0.4) is 0 Å². The fraction of sp³-hybridized carbons (Fsp3) is 0.324. The highest BCUT2D eigenvalue weighted by atomic mass is 35.5. The Bertz CT molecular complexity index is 1890. The maximum absolute atomic E-state index is 14.5. The standard InChI is InChI=1S/C37H36ClF3N5O6/c38-30-12-10-28(11-13-30)35(50)45-22-29-9-3-25(6-14-32(47)43-19-15-42-16-20-43)21-31(29)46(33(48)23-45,52-36(51)37(39,40)41)24-26-4-7-27(8-5-26)34(49)44-17-1-2-18-44/h1-5,7-13,21,42H,6,14-20,22-24H2/q+1. The average Bonchev–Trinajstić information content (AvgIpc) is 3.65. The minimum absolute atomic E-state index is 0.0792. The third kappa shape index (κ3) is 8.04. The number of nitrogens with zero attached hydrogens (tertiary/aromatic N) is 4. The molecule has 3 aliphatic heterocycles. The molecule has 1 N–H and O–H groups in total. The zero-order valence-electron chi connectivity index (χ0n) is 28.0. The van der Waals surface area contributed by atoms with Crippen LogP contribution in [-0.4, -0.2) is 96.3 Å². The molecule has 52 heavy (non-hydrogen) atoms. The van der Waals surface area contributed by atoms with Gasteiger partial charge in [0.2, 0.25) is 5.91 Å². The lowest BCUT2D eigenvalue weighted by atomic mass is 10.0. The van der Waals surface area contributed by atoms with Crippen molar-refractivity contribution in [3.05, 3.63) is 112 Å². The molecule has 0 radical (unpaired) electrons. The van der Waals surface area contributed by atoms with E-state index in [0.717, 1.165) is 0 Å². The number of alkyl halides is 3. The van der Waals surface area contributed by atoms with Crippen LogP contribution in [0.15, 0.2) is 78.9 Å². The first-order valence-corrected chi connectivity index (χ1v) is 17.1. The number of carbonyl (C=O) groups excluding carboxylic acids is 5. The SMILES string of the molecule is O=C(CCc1ccc2c(c1)[N+](Cc1ccc(C(=O)N3CC=CC3)cc1)(OC(=O)C(F)(F)F)C(=O)CN(C(=O)c1ccc(Cl)cc1)C2)N1CCNCC1. The molecule has 1 saturated heterocycles. The highest BCUT2D eigenvalue weighted by Crippen LogP contribution is 2.38. The molecule has 6 rings (SSSR count). The Labute approximate surface area is 302 Å². The Morgan fingerprint density at radius 1 is 0.788 bits per heavy atom. The van der Waals surface area contributed by atoms with Crippen molar-refractivity contribution in [3.8, 4) is 0 Å². The Balaban J connectivity index is 1.40. The Hall–Kier alpha value is -5.05. The van der Waals surface area contributed by atoms with Gasteiger partial charge in [0.1, 0.15) is 6.54 Å². The van der Waals surface area contributed by atoms with Gasteiger partial charge in [0.15, 0.2) is 12.2 Å². The molecule has 3 heterocycles. The number of hydrogen-bond donors (Lipinski definition) is 1. The van der Waals surface area contributed by atoms with E-state index in [2.05, 4.69) is 5.32 Å². The molecule has 0 aromatic heterocycles. The predicted octanol–water partition coefficient (Wildman–Crippen LogP) is 4.43. The van der Waals surface area contributed by atoms with Gasteiger partial charge in [-0.2, -0.15) is 13.2 Å². The number of quaternary nitrogens is 1. The van der Waals surface area contributed by atoms with E-state index >= 15 is 0 Å². The van der Waals surface area contributed by atoms with Gasteiger partial charge < -0.3 is 20.0 Å². The van der Waals surface area contributed by atoms with Crippen LogP contribution >= 0.6 is 11.6 Å². The number of carbonyl (C=O) groups is 5. The van der Waals surface area contributed by atoms with Crippen molar-refractivity contribution in [2.45, 2.75) is 32.1 Å². The smallest absolute Gasteiger partial charge is 0.340 e. The molecule has 4 amide bonds. The molecule has 3 aromatic rings. The quantitative estimate of drug-likeness (QED) is 0.269. The van der Waals surface area contributed by atoms with Crippen molar-refractivity contribution in [1.29, 1.82) is 0 Å². The lowest BCUT2D eigenvalue weighted by Crippen LogP contribution is -2.58. The third-order valence-electron chi connectivity index (χ3n) is 9.29. The largest absolute Gasteiger partial charge is 0.497 e. The number of hydrogen-bond acceptors (Lipinski definition) is 7. The van der Waals surface area contributed by atoms with Crippen LogP contribution in [0.2, 0.25) is 5.02 Å². The van der Waals surface area contributed by atoms with Crippen molar-refractivity contribution in [2.75, 3.05) is 45.8 Å². The van der Waals surface area contributed by atoms with Crippen molar-refractivity contribution < 1.29 is 42.0 Å². The van der Waals surface area contributed by atoms with Gasteiger partial charge in [-0.05, 0) is 53.0 Å². The van der Waals surface area contributed by atoms with E-state index in [1.165, 1.54) is 59.5 Å². The summed E-state index contributed by atoms with van der Waals surface area (Å²) in [6.07, 6.45) is -1.47. The fourth-order valence-corrected chi connectivity index (χ4v) is 6.61. The summed E-state index contributed by atoms with van der Waals surface area (Å²) in [5.41, 5.74) is 1.48. The first kappa shape index (κ1) is 36.7. The third-order valence-corrected chi connectivity index (χ3v) is 9.54. The number of hydroxylamine groups is 2. The summed E-state index contributed by atoms with van der Waals surface area (Å²) < 4.78 is 40.3. The van der Waals surface area contributed by atoms with Gasteiger partial charge in [-0.3, -0.25) is 19.2 Å². The molecule has 1 fully saturated rings. The maximum Gasteiger partial charge on any atom is 0.497 e. The minimum Gasteiger partial charge on any atom is -0.340 e. The van der Waals surface area contributed by atoms with E-state index in [9.17, 15) is 37.1 Å². The van der Waals surface area contributed by atoms with E-state index in [4.69, 9.17) is 16.4 Å². The van der Waals surface area contributed by atoms with Gasteiger partial charge in [-0.1, -0.05) is 48.0 Å². The minimum atomic E-state index is -5.47. The summed E-state index contributed by atoms with van der Waals surface area (Å²) in [5, 5.41) is 3.56. The monoisotopic (exact) mass is 738 g/mol.